The first-order chi connectivity index (χ1) is 20.6. The van der Waals surface area contributed by atoms with Gasteiger partial charge in [0.1, 0.15) is 18.1 Å². The van der Waals surface area contributed by atoms with Gasteiger partial charge in [0.2, 0.25) is 0 Å². The first kappa shape index (κ1) is 27.7. The van der Waals surface area contributed by atoms with Crippen LogP contribution in [-0.4, -0.2) is 49.6 Å². The Balaban J connectivity index is 1.08. The van der Waals surface area contributed by atoms with E-state index in [9.17, 15) is 9.59 Å². The number of benzene rings is 4. The van der Waals surface area contributed by atoms with Gasteiger partial charge in [-0.3, -0.25) is 9.69 Å². The average Bonchev–Trinajstić information content (AvgIpc) is 3.05. The van der Waals surface area contributed by atoms with E-state index in [1.807, 2.05) is 78.9 Å². The van der Waals surface area contributed by atoms with Crippen molar-refractivity contribution in [3.8, 4) is 16.9 Å². The van der Waals surface area contributed by atoms with Gasteiger partial charge in [-0.15, -0.1) is 0 Å². The number of amides is 1. The van der Waals surface area contributed by atoms with Crippen molar-refractivity contribution in [2.45, 2.75) is 31.4 Å². The minimum Gasteiger partial charge on any atom is -0.493 e. The molecule has 0 aliphatic carbocycles. The second-order valence-electron chi connectivity index (χ2n) is 11.2. The molecule has 0 radical (unpaired) electrons. The average molecular weight is 561 g/mol. The van der Waals surface area contributed by atoms with Gasteiger partial charge in [-0.2, -0.15) is 0 Å². The van der Waals surface area contributed by atoms with E-state index < -0.39 is 0 Å². The van der Waals surface area contributed by atoms with E-state index in [1.54, 1.807) is 0 Å². The Morgan fingerprint density at radius 2 is 1.55 bits per heavy atom. The molecular weight excluding hydrogens is 524 g/mol. The van der Waals surface area contributed by atoms with Gasteiger partial charge in [0, 0.05) is 18.5 Å². The van der Waals surface area contributed by atoms with Gasteiger partial charge in [0.15, 0.2) is 0 Å². The number of alkyl carbamates (subject to hydrolysis) is 1. The Hall–Kier alpha value is -4.42. The van der Waals surface area contributed by atoms with Crippen LogP contribution in [0.2, 0.25) is 0 Å². The predicted molar refractivity (Wildman–Crippen MR) is 164 cm³/mol. The van der Waals surface area contributed by atoms with E-state index in [1.165, 1.54) is 5.56 Å². The van der Waals surface area contributed by atoms with Gasteiger partial charge in [0.05, 0.1) is 12.6 Å². The lowest BCUT2D eigenvalue weighted by molar-refractivity contribution is -0.0336. The smallest absolute Gasteiger partial charge is 0.408 e. The Kier molecular flexibility index (Phi) is 8.61. The summed E-state index contributed by atoms with van der Waals surface area (Å²) in [6.45, 7) is 3.57. The third-order valence-corrected chi connectivity index (χ3v) is 8.43. The Morgan fingerprint density at radius 3 is 2.21 bits per heavy atom. The molecule has 7 rings (SSSR count). The monoisotopic (exact) mass is 560 g/mol. The van der Waals surface area contributed by atoms with Crippen LogP contribution in [0.15, 0.2) is 103 Å². The molecule has 3 heterocycles. The molecule has 3 fully saturated rings. The molecule has 4 aromatic carbocycles. The highest BCUT2D eigenvalue weighted by molar-refractivity contribution is 5.77. The Bertz CT molecular complexity index is 1480. The fraction of sp³-hybridized carbons (Fsp3) is 0.278. The molecule has 3 aliphatic heterocycles. The number of carbonyl (C=O) groups excluding carboxylic acids is 2. The summed E-state index contributed by atoms with van der Waals surface area (Å²) in [4.78, 5) is 26.4. The van der Waals surface area contributed by atoms with E-state index >= 15 is 0 Å². The van der Waals surface area contributed by atoms with Gasteiger partial charge in [-0.25, -0.2) is 4.79 Å². The van der Waals surface area contributed by atoms with Crippen molar-refractivity contribution in [1.82, 2.24) is 10.2 Å². The van der Waals surface area contributed by atoms with Gasteiger partial charge in [-0.05, 0) is 71.8 Å². The number of aldehydes is 1. The van der Waals surface area contributed by atoms with Crippen molar-refractivity contribution in [2.24, 2.45) is 5.92 Å². The van der Waals surface area contributed by atoms with Crippen molar-refractivity contribution < 1.29 is 19.1 Å². The molecule has 214 valence electrons. The van der Waals surface area contributed by atoms with Gasteiger partial charge >= 0.3 is 6.09 Å². The molecule has 1 amide bonds. The zero-order valence-electron chi connectivity index (χ0n) is 23.7. The molecule has 42 heavy (non-hydrogen) atoms. The van der Waals surface area contributed by atoms with E-state index in [-0.39, 0.29) is 18.2 Å². The van der Waals surface area contributed by atoms with Crippen LogP contribution in [0.4, 0.5) is 4.79 Å². The first-order valence-electron chi connectivity index (χ1n) is 14.8. The number of hydrogen-bond donors (Lipinski definition) is 1. The van der Waals surface area contributed by atoms with Crippen LogP contribution < -0.4 is 10.1 Å². The number of rotatable bonds is 10. The SMILES string of the molecule is O=Cc1ccc(-c2ccc(CCOc3cccc(C(NC(=O)O[C@H]4CN5CCC4CC5)c4ccccc4)c3)cc2)cc1. The summed E-state index contributed by atoms with van der Waals surface area (Å²) in [5.74, 6) is 1.21. The van der Waals surface area contributed by atoms with E-state index in [0.717, 1.165) is 73.2 Å². The topological polar surface area (TPSA) is 67.9 Å². The van der Waals surface area contributed by atoms with Crippen molar-refractivity contribution in [3.63, 3.8) is 0 Å². The van der Waals surface area contributed by atoms with E-state index in [0.29, 0.717) is 18.1 Å². The van der Waals surface area contributed by atoms with Gasteiger partial charge in [-0.1, -0.05) is 91.0 Å². The van der Waals surface area contributed by atoms with Gasteiger partial charge < -0.3 is 14.8 Å². The number of fused-ring (bicyclic) bond motifs is 3. The maximum Gasteiger partial charge on any atom is 0.408 e. The minimum atomic E-state index is -0.378. The number of nitrogens with one attached hydrogen (secondary N) is 1. The number of carbonyl (C=O) groups is 2. The van der Waals surface area contributed by atoms with Crippen molar-refractivity contribution in [3.05, 3.63) is 125 Å². The summed E-state index contributed by atoms with van der Waals surface area (Å²) in [5, 5.41) is 3.14. The molecular formula is C36H36N2O4. The second-order valence-corrected chi connectivity index (χ2v) is 11.2. The summed E-state index contributed by atoms with van der Waals surface area (Å²) in [6.07, 6.45) is 3.39. The van der Waals surface area contributed by atoms with Crippen molar-refractivity contribution >= 4 is 12.4 Å². The van der Waals surface area contributed by atoms with Crippen LogP contribution in [0.1, 0.15) is 45.9 Å². The highest BCUT2D eigenvalue weighted by Gasteiger charge is 2.36. The molecule has 0 spiro atoms. The summed E-state index contributed by atoms with van der Waals surface area (Å²) in [5.41, 5.74) is 5.97. The second kappa shape index (κ2) is 13.0. The zero-order valence-corrected chi connectivity index (χ0v) is 23.7. The van der Waals surface area contributed by atoms with Crippen molar-refractivity contribution in [2.75, 3.05) is 26.2 Å². The fourth-order valence-corrected chi connectivity index (χ4v) is 6.03. The third kappa shape index (κ3) is 6.72. The van der Waals surface area contributed by atoms with Crippen LogP contribution in [0.3, 0.4) is 0 Å². The first-order valence-corrected chi connectivity index (χ1v) is 14.8. The standard InChI is InChI=1S/C36H36N2O4/c39-25-27-11-15-29(16-12-27)28-13-9-26(10-14-28)19-22-41-33-8-4-7-32(23-33)35(31-5-2-1-3-6-31)37-36(40)42-34-24-38-20-17-30(34)18-21-38/h1-16,23,25,30,34-35H,17-22,24H2,(H,37,40)/t34-,35?/m0/s1. The maximum atomic E-state index is 13.1. The predicted octanol–water partition coefficient (Wildman–Crippen LogP) is 6.70. The molecule has 6 heteroatoms. The molecule has 1 N–H and O–H groups in total. The highest BCUT2D eigenvalue weighted by atomic mass is 16.6. The minimum absolute atomic E-state index is 0.0457. The largest absolute Gasteiger partial charge is 0.493 e. The lowest BCUT2D eigenvalue weighted by Crippen LogP contribution is -2.52. The molecule has 3 aliphatic rings. The Labute approximate surface area is 247 Å². The van der Waals surface area contributed by atoms with Crippen molar-refractivity contribution in [1.29, 1.82) is 0 Å². The Morgan fingerprint density at radius 1 is 0.857 bits per heavy atom. The molecule has 4 aromatic rings. The van der Waals surface area contributed by atoms with Crippen LogP contribution >= 0.6 is 0 Å². The third-order valence-electron chi connectivity index (χ3n) is 8.43. The summed E-state index contributed by atoms with van der Waals surface area (Å²) >= 11 is 0. The van der Waals surface area contributed by atoms with Gasteiger partial charge in [0.25, 0.3) is 0 Å². The van der Waals surface area contributed by atoms with E-state index in [4.69, 9.17) is 9.47 Å². The molecule has 2 bridgehead atoms. The highest BCUT2D eigenvalue weighted by Crippen LogP contribution is 2.31. The summed E-state index contributed by atoms with van der Waals surface area (Å²) in [6, 6.07) is 33.5. The number of nitrogens with zero attached hydrogens (tertiary/aromatic N) is 1. The number of piperidine rings is 3. The van der Waals surface area contributed by atoms with Crippen LogP contribution in [-0.2, 0) is 11.2 Å². The lowest BCUT2D eigenvalue weighted by atomic mass is 9.86. The normalized spacial score (nSPS) is 20.0. The quantitative estimate of drug-likeness (QED) is 0.219. The lowest BCUT2D eigenvalue weighted by Gasteiger charge is -2.43. The molecule has 3 saturated heterocycles. The summed E-state index contributed by atoms with van der Waals surface area (Å²) in [7, 11) is 0. The zero-order chi connectivity index (χ0) is 28.7. The molecule has 0 saturated carbocycles. The van der Waals surface area contributed by atoms with Crippen LogP contribution in [0.5, 0.6) is 5.75 Å². The number of ether oxygens (including phenoxy) is 2. The molecule has 6 nitrogen and oxygen atoms in total. The molecule has 2 atom stereocenters. The molecule has 0 aromatic heterocycles. The van der Waals surface area contributed by atoms with E-state index in [2.05, 4.69) is 34.5 Å². The molecule has 1 unspecified atom stereocenters. The maximum absolute atomic E-state index is 13.1. The van der Waals surface area contributed by atoms with Crippen LogP contribution in [0.25, 0.3) is 11.1 Å². The summed E-state index contributed by atoms with van der Waals surface area (Å²) < 4.78 is 12.1. The van der Waals surface area contributed by atoms with Crippen LogP contribution in [0, 0.1) is 5.92 Å². The number of hydrogen-bond acceptors (Lipinski definition) is 5. The fourth-order valence-electron chi connectivity index (χ4n) is 6.03.